The molecule has 0 unspecified atom stereocenters. The number of rotatable bonds is 5. The molecule has 0 saturated carbocycles. The van der Waals surface area contributed by atoms with Crippen molar-refractivity contribution in [2.75, 3.05) is 13.2 Å². The lowest BCUT2D eigenvalue weighted by atomic mass is 10.1. The fourth-order valence-corrected chi connectivity index (χ4v) is 2.93. The number of amides is 1. The number of carbonyl (C=O) groups is 1. The topological polar surface area (TPSA) is 55.6 Å². The number of para-hydroxylation sites is 1. The summed E-state index contributed by atoms with van der Waals surface area (Å²) >= 11 is 0. The van der Waals surface area contributed by atoms with Crippen LogP contribution in [0, 0.1) is 0 Å². The highest BCUT2D eigenvalue weighted by Gasteiger charge is 2.29. The lowest BCUT2D eigenvalue weighted by Gasteiger charge is -2.25. The van der Waals surface area contributed by atoms with Gasteiger partial charge in [-0.25, -0.2) is 0 Å². The smallest absolute Gasteiger partial charge is 0.254 e. The van der Waals surface area contributed by atoms with E-state index in [-0.39, 0.29) is 11.9 Å². The molecule has 2 aromatic rings. The molecule has 1 aliphatic heterocycles. The molecule has 1 saturated heterocycles. The van der Waals surface area contributed by atoms with Gasteiger partial charge in [-0.3, -0.25) is 4.79 Å². The molecule has 4 nitrogen and oxygen atoms in total. The largest absolute Gasteiger partial charge is 0.491 e. The van der Waals surface area contributed by atoms with Crippen LogP contribution in [-0.2, 0) is 6.54 Å². The van der Waals surface area contributed by atoms with Crippen LogP contribution in [0.25, 0.3) is 0 Å². The number of nitrogens with zero attached hydrogens (tertiary/aromatic N) is 1. The Morgan fingerprint density at radius 2 is 1.87 bits per heavy atom. The number of carbonyl (C=O) groups excluding carboxylic acids is 1. The van der Waals surface area contributed by atoms with Gasteiger partial charge in [0.1, 0.15) is 12.4 Å². The monoisotopic (exact) mass is 310 g/mol. The predicted molar refractivity (Wildman–Crippen MR) is 90.3 cm³/mol. The van der Waals surface area contributed by atoms with E-state index in [9.17, 15) is 4.79 Å². The van der Waals surface area contributed by atoms with Gasteiger partial charge in [-0.2, -0.15) is 0 Å². The quantitative estimate of drug-likeness (QED) is 0.924. The second-order valence-corrected chi connectivity index (χ2v) is 5.82. The minimum absolute atomic E-state index is 0.0766. The molecule has 0 radical (unpaired) electrons. The molecule has 1 fully saturated rings. The summed E-state index contributed by atoms with van der Waals surface area (Å²) in [6.07, 6.45) is 2.01. The number of likely N-dealkylation sites (tertiary alicyclic amines) is 1. The molecule has 0 bridgehead atoms. The summed E-state index contributed by atoms with van der Waals surface area (Å²) in [6, 6.07) is 17.4. The molecule has 4 heteroatoms. The van der Waals surface area contributed by atoms with Crippen molar-refractivity contribution in [2.24, 2.45) is 5.73 Å². The Kier molecular flexibility index (Phi) is 4.93. The van der Waals surface area contributed by atoms with Crippen molar-refractivity contribution in [1.29, 1.82) is 0 Å². The van der Waals surface area contributed by atoms with Crippen molar-refractivity contribution in [2.45, 2.75) is 25.4 Å². The van der Waals surface area contributed by atoms with Crippen LogP contribution in [0.3, 0.4) is 0 Å². The van der Waals surface area contributed by atoms with Gasteiger partial charge >= 0.3 is 0 Å². The Bertz CT molecular complexity index is 640. The number of nitrogens with two attached hydrogens (primary N) is 1. The molecular weight excluding hydrogens is 288 g/mol. The third-order valence-corrected chi connectivity index (χ3v) is 4.26. The maximum atomic E-state index is 12.7. The second-order valence-electron chi connectivity index (χ2n) is 5.82. The summed E-state index contributed by atoms with van der Waals surface area (Å²) in [7, 11) is 0. The minimum Gasteiger partial charge on any atom is -0.491 e. The molecule has 0 aromatic heterocycles. The maximum absolute atomic E-state index is 12.7. The zero-order valence-electron chi connectivity index (χ0n) is 13.2. The molecule has 2 N–H and O–H groups in total. The van der Waals surface area contributed by atoms with Gasteiger partial charge in [0, 0.05) is 18.7 Å². The standard InChI is InChI=1S/C19H22N2O2/c20-13-15-8-10-16(11-9-15)19(22)21-12-4-5-17(21)14-23-18-6-2-1-3-7-18/h1-3,6-11,17H,4-5,12-14,20H2/t17-/m0/s1. The van der Waals surface area contributed by atoms with E-state index in [0.29, 0.717) is 18.7 Å². The van der Waals surface area contributed by atoms with Gasteiger partial charge in [0.05, 0.1) is 6.04 Å². The summed E-state index contributed by atoms with van der Waals surface area (Å²) < 4.78 is 5.83. The minimum atomic E-state index is 0.0766. The summed E-state index contributed by atoms with van der Waals surface area (Å²) in [5.41, 5.74) is 7.35. The van der Waals surface area contributed by atoms with Gasteiger partial charge in [0.15, 0.2) is 0 Å². The normalized spacial score (nSPS) is 17.3. The van der Waals surface area contributed by atoms with E-state index in [1.165, 1.54) is 0 Å². The third kappa shape index (κ3) is 3.71. The molecule has 23 heavy (non-hydrogen) atoms. The van der Waals surface area contributed by atoms with Crippen LogP contribution in [0.2, 0.25) is 0 Å². The van der Waals surface area contributed by atoms with E-state index in [1.807, 2.05) is 59.5 Å². The highest BCUT2D eigenvalue weighted by molar-refractivity contribution is 5.94. The van der Waals surface area contributed by atoms with E-state index in [1.54, 1.807) is 0 Å². The molecule has 2 aromatic carbocycles. The van der Waals surface area contributed by atoms with Crippen LogP contribution < -0.4 is 10.5 Å². The van der Waals surface area contributed by atoms with Crippen molar-refractivity contribution in [3.8, 4) is 5.75 Å². The van der Waals surface area contributed by atoms with Gasteiger partial charge in [-0.1, -0.05) is 30.3 Å². The van der Waals surface area contributed by atoms with Crippen LogP contribution in [-0.4, -0.2) is 30.0 Å². The Morgan fingerprint density at radius 3 is 2.57 bits per heavy atom. The van der Waals surface area contributed by atoms with Gasteiger partial charge in [-0.15, -0.1) is 0 Å². The van der Waals surface area contributed by atoms with Crippen molar-refractivity contribution < 1.29 is 9.53 Å². The number of hydrogen-bond acceptors (Lipinski definition) is 3. The van der Waals surface area contributed by atoms with E-state index in [4.69, 9.17) is 10.5 Å². The van der Waals surface area contributed by atoms with Gasteiger partial charge in [0.25, 0.3) is 5.91 Å². The first-order chi connectivity index (χ1) is 11.3. The Balaban J connectivity index is 1.64. The maximum Gasteiger partial charge on any atom is 0.254 e. The van der Waals surface area contributed by atoms with E-state index >= 15 is 0 Å². The van der Waals surface area contributed by atoms with Gasteiger partial charge in [0.2, 0.25) is 0 Å². The average Bonchev–Trinajstić information content (AvgIpc) is 3.09. The fraction of sp³-hybridized carbons (Fsp3) is 0.316. The Morgan fingerprint density at radius 1 is 1.13 bits per heavy atom. The molecule has 1 atom stereocenters. The first kappa shape index (κ1) is 15.6. The van der Waals surface area contributed by atoms with Crippen LogP contribution in [0.5, 0.6) is 5.75 Å². The second kappa shape index (κ2) is 7.29. The third-order valence-electron chi connectivity index (χ3n) is 4.26. The fourth-order valence-electron chi connectivity index (χ4n) is 2.93. The van der Waals surface area contributed by atoms with Crippen molar-refractivity contribution in [3.05, 3.63) is 65.7 Å². The highest BCUT2D eigenvalue weighted by atomic mass is 16.5. The highest BCUT2D eigenvalue weighted by Crippen LogP contribution is 2.21. The number of ether oxygens (including phenoxy) is 1. The zero-order chi connectivity index (χ0) is 16.1. The molecular formula is C19H22N2O2. The van der Waals surface area contributed by atoms with Crippen molar-refractivity contribution in [3.63, 3.8) is 0 Å². The van der Waals surface area contributed by atoms with Crippen molar-refractivity contribution >= 4 is 5.91 Å². The lowest BCUT2D eigenvalue weighted by molar-refractivity contribution is 0.0691. The van der Waals surface area contributed by atoms with E-state index in [2.05, 4.69) is 0 Å². The molecule has 3 rings (SSSR count). The van der Waals surface area contributed by atoms with Crippen LogP contribution in [0.15, 0.2) is 54.6 Å². The van der Waals surface area contributed by atoms with Gasteiger partial charge in [-0.05, 0) is 42.7 Å². The number of benzene rings is 2. The first-order valence-electron chi connectivity index (χ1n) is 8.06. The predicted octanol–water partition coefficient (Wildman–Crippen LogP) is 2.83. The van der Waals surface area contributed by atoms with Crippen LogP contribution in [0.4, 0.5) is 0 Å². The summed E-state index contributed by atoms with van der Waals surface area (Å²) in [5, 5.41) is 0. The van der Waals surface area contributed by atoms with Crippen LogP contribution in [0.1, 0.15) is 28.8 Å². The van der Waals surface area contributed by atoms with E-state index in [0.717, 1.165) is 30.7 Å². The first-order valence-corrected chi connectivity index (χ1v) is 8.06. The van der Waals surface area contributed by atoms with Gasteiger partial charge < -0.3 is 15.4 Å². The zero-order valence-corrected chi connectivity index (χ0v) is 13.2. The molecule has 120 valence electrons. The molecule has 1 heterocycles. The number of hydrogen-bond donors (Lipinski definition) is 1. The Hall–Kier alpha value is -2.33. The lowest BCUT2D eigenvalue weighted by Crippen LogP contribution is -2.39. The molecule has 1 aliphatic rings. The molecule has 0 aliphatic carbocycles. The summed E-state index contributed by atoms with van der Waals surface area (Å²) in [4.78, 5) is 14.6. The van der Waals surface area contributed by atoms with Crippen molar-refractivity contribution in [1.82, 2.24) is 4.90 Å². The summed E-state index contributed by atoms with van der Waals surface area (Å²) in [6.45, 7) is 1.82. The molecule has 1 amide bonds. The SMILES string of the molecule is NCc1ccc(C(=O)N2CCC[C@H]2COc2ccccc2)cc1. The Labute approximate surface area is 136 Å². The summed E-state index contributed by atoms with van der Waals surface area (Å²) in [5.74, 6) is 0.923. The molecule has 0 spiro atoms. The average molecular weight is 310 g/mol. The van der Waals surface area contributed by atoms with Crippen LogP contribution >= 0.6 is 0 Å². The van der Waals surface area contributed by atoms with E-state index < -0.39 is 0 Å².